The van der Waals surface area contributed by atoms with Crippen molar-refractivity contribution < 1.29 is 14.3 Å². The SMILES string of the molecule is COc1cc(Br)c(Oc2cccc(C(C)=O)c2)cc1Br. The van der Waals surface area contributed by atoms with E-state index in [-0.39, 0.29) is 5.78 Å². The fourth-order valence-corrected chi connectivity index (χ4v) is 2.54. The summed E-state index contributed by atoms with van der Waals surface area (Å²) < 4.78 is 12.6. The van der Waals surface area contributed by atoms with Gasteiger partial charge < -0.3 is 9.47 Å². The summed E-state index contributed by atoms with van der Waals surface area (Å²) >= 11 is 6.85. The summed E-state index contributed by atoms with van der Waals surface area (Å²) in [6.07, 6.45) is 0. The number of benzene rings is 2. The normalized spacial score (nSPS) is 10.2. The maximum absolute atomic E-state index is 11.4. The maximum atomic E-state index is 11.4. The molecule has 0 atom stereocenters. The third-order valence-corrected chi connectivity index (χ3v) is 3.91. The number of halogens is 2. The molecule has 0 fully saturated rings. The highest BCUT2D eigenvalue weighted by molar-refractivity contribution is 9.11. The molecule has 0 bridgehead atoms. The first-order valence-electron chi connectivity index (χ1n) is 5.83. The van der Waals surface area contributed by atoms with Gasteiger partial charge in [0.25, 0.3) is 0 Å². The summed E-state index contributed by atoms with van der Waals surface area (Å²) in [4.78, 5) is 11.4. The molecule has 2 aromatic rings. The molecule has 0 radical (unpaired) electrons. The van der Waals surface area contributed by atoms with Gasteiger partial charge in [-0.15, -0.1) is 0 Å². The van der Waals surface area contributed by atoms with Crippen LogP contribution in [0.1, 0.15) is 17.3 Å². The predicted molar refractivity (Wildman–Crippen MR) is 84.9 cm³/mol. The molecule has 0 aliphatic carbocycles. The van der Waals surface area contributed by atoms with E-state index in [1.54, 1.807) is 31.4 Å². The van der Waals surface area contributed by atoms with Crippen molar-refractivity contribution in [2.24, 2.45) is 0 Å². The van der Waals surface area contributed by atoms with Gasteiger partial charge >= 0.3 is 0 Å². The van der Waals surface area contributed by atoms with E-state index >= 15 is 0 Å². The van der Waals surface area contributed by atoms with Gasteiger partial charge in [-0.1, -0.05) is 12.1 Å². The minimum absolute atomic E-state index is 0.00503. The Morgan fingerprint density at radius 2 is 1.70 bits per heavy atom. The zero-order valence-electron chi connectivity index (χ0n) is 10.9. The van der Waals surface area contributed by atoms with E-state index < -0.39 is 0 Å². The van der Waals surface area contributed by atoms with E-state index in [2.05, 4.69) is 31.9 Å². The molecule has 0 aliphatic heterocycles. The topological polar surface area (TPSA) is 35.5 Å². The quantitative estimate of drug-likeness (QED) is 0.661. The van der Waals surface area contributed by atoms with Crippen LogP contribution in [-0.2, 0) is 0 Å². The molecular weight excluding hydrogens is 388 g/mol. The Morgan fingerprint density at radius 3 is 2.35 bits per heavy atom. The number of Topliss-reactive ketones (excluding diaryl/α,β-unsaturated/α-hetero) is 1. The van der Waals surface area contributed by atoms with E-state index in [0.717, 1.165) is 8.95 Å². The summed E-state index contributed by atoms with van der Waals surface area (Å²) in [7, 11) is 1.60. The lowest BCUT2D eigenvalue weighted by atomic mass is 10.1. The Balaban J connectivity index is 2.32. The lowest BCUT2D eigenvalue weighted by Crippen LogP contribution is -1.93. The minimum atomic E-state index is 0.00503. The minimum Gasteiger partial charge on any atom is -0.496 e. The molecule has 0 heterocycles. The molecule has 0 aliphatic rings. The average molecular weight is 400 g/mol. The van der Waals surface area contributed by atoms with Crippen molar-refractivity contribution in [2.45, 2.75) is 6.92 Å². The largest absolute Gasteiger partial charge is 0.496 e. The van der Waals surface area contributed by atoms with Crippen LogP contribution in [0.15, 0.2) is 45.3 Å². The lowest BCUT2D eigenvalue weighted by molar-refractivity contribution is 0.101. The van der Waals surface area contributed by atoms with Crippen LogP contribution in [0.3, 0.4) is 0 Å². The Bertz CT molecular complexity index is 654. The Hall–Kier alpha value is -1.33. The van der Waals surface area contributed by atoms with Gasteiger partial charge in [-0.2, -0.15) is 0 Å². The van der Waals surface area contributed by atoms with Gasteiger partial charge in [-0.3, -0.25) is 4.79 Å². The first kappa shape index (κ1) is 15.1. The Labute approximate surface area is 134 Å². The van der Waals surface area contributed by atoms with Crippen LogP contribution in [-0.4, -0.2) is 12.9 Å². The van der Waals surface area contributed by atoms with E-state index in [4.69, 9.17) is 9.47 Å². The first-order chi connectivity index (χ1) is 9.51. The van der Waals surface area contributed by atoms with Gasteiger partial charge in [0, 0.05) is 5.56 Å². The molecule has 2 rings (SSSR count). The third kappa shape index (κ3) is 3.41. The zero-order valence-corrected chi connectivity index (χ0v) is 14.1. The molecule has 20 heavy (non-hydrogen) atoms. The smallest absolute Gasteiger partial charge is 0.159 e. The monoisotopic (exact) mass is 398 g/mol. The van der Waals surface area contributed by atoms with Crippen LogP contribution in [0.4, 0.5) is 0 Å². The molecule has 5 heteroatoms. The van der Waals surface area contributed by atoms with Crippen molar-refractivity contribution in [2.75, 3.05) is 7.11 Å². The molecule has 3 nitrogen and oxygen atoms in total. The van der Waals surface area contributed by atoms with Gasteiger partial charge in [0.15, 0.2) is 5.78 Å². The van der Waals surface area contributed by atoms with Crippen LogP contribution in [0.5, 0.6) is 17.2 Å². The molecule has 0 saturated heterocycles. The summed E-state index contributed by atoms with van der Waals surface area (Å²) in [6, 6.07) is 10.7. The second kappa shape index (κ2) is 6.41. The molecule has 0 unspecified atom stereocenters. The van der Waals surface area contributed by atoms with Gasteiger partial charge in [0.1, 0.15) is 17.2 Å². The summed E-state index contributed by atoms with van der Waals surface area (Å²) in [6.45, 7) is 1.53. The molecule has 0 amide bonds. The van der Waals surface area contributed by atoms with Crippen molar-refractivity contribution in [1.29, 1.82) is 0 Å². The fourth-order valence-electron chi connectivity index (χ4n) is 1.65. The van der Waals surface area contributed by atoms with E-state index in [0.29, 0.717) is 22.8 Å². The Morgan fingerprint density at radius 1 is 1.05 bits per heavy atom. The molecular formula is C15H12Br2O3. The van der Waals surface area contributed by atoms with Gasteiger partial charge in [-0.25, -0.2) is 0 Å². The molecule has 0 spiro atoms. The zero-order chi connectivity index (χ0) is 14.7. The number of methoxy groups -OCH3 is 1. The number of rotatable bonds is 4. The van der Waals surface area contributed by atoms with Crippen molar-refractivity contribution >= 4 is 37.6 Å². The second-order valence-electron chi connectivity index (χ2n) is 4.10. The first-order valence-corrected chi connectivity index (χ1v) is 7.41. The number of hydrogen-bond acceptors (Lipinski definition) is 3. The van der Waals surface area contributed by atoms with Crippen molar-refractivity contribution in [3.05, 3.63) is 50.9 Å². The molecule has 104 valence electrons. The molecule has 2 aromatic carbocycles. The average Bonchev–Trinajstić information content (AvgIpc) is 2.42. The highest BCUT2D eigenvalue weighted by atomic mass is 79.9. The summed E-state index contributed by atoms with van der Waals surface area (Å²) in [5.74, 6) is 1.96. The fraction of sp³-hybridized carbons (Fsp3) is 0.133. The van der Waals surface area contributed by atoms with Crippen molar-refractivity contribution in [3.63, 3.8) is 0 Å². The van der Waals surface area contributed by atoms with Crippen LogP contribution in [0.25, 0.3) is 0 Å². The number of ether oxygens (including phenoxy) is 2. The van der Waals surface area contributed by atoms with Crippen LogP contribution in [0.2, 0.25) is 0 Å². The highest BCUT2D eigenvalue weighted by Crippen LogP contribution is 2.38. The number of hydrogen-bond donors (Lipinski definition) is 0. The number of ketones is 1. The maximum Gasteiger partial charge on any atom is 0.159 e. The van der Waals surface area contributed by atoms with Gasteiger partial charge in [0.05, 0.1) is 16.1 Å². The molecule has 0 saturated carbocycles. The number of carbonyl (C=O) groups excluding carboxylic acids is 1. The van der Waals surface area contributed by atoms with Gasteiger partial charge in [-0.05, 0) is 63.0 Å². The second-order valence-corrected chi connectivity index (χ2v) is 5.81. The standard InChI is InChI=1S/C15H12Br2O3/c1-9(18)10-4-3-5-11(6-10)20-15-8-12(16)14(19-2)7-13(15)17/h3-8H,1-2H3. The summed E-state index contributed by atoms with van der Waals surface area (Å²) in [5, 5.41) is 0. The van der Waals surface area contributed by atoms with E-state index in [9.17, 15) is 4.79 Å². The molecule has 0 aromatic heterocycles. The summed E-state index contributed by atoms with van der Waals surface area (Å²) in [5.41, 5.74) is 0.617. The van der Waals surface area contributed by atoms with E-state index in [1.807, 2.05) is 12.1 Å². The third-order valence-electron chi connectivity index (χ3n) is 2.67. The highest BCUT2D eigenvalue weighted by Gasteiger charge is 2.10. The van der Waals surface area contributed by atoms with Crippen LogP contribution in [0, 0.1) is 0 Å². The van der Waals surface area contributed by atoms with Crippen molar-refractivity contribution in [1.82, 2.24) is 0 Å². The molecule has 0 N–H and O–H groups in total. The van der Waals surface area contributed by atoms with Crippen LogP contribution < -0.4 is 9.47 Å². The Kier molecular flexibility index (Phi) is 4.83. The van der Waals surface area contributed by atoms with Gasteiger partial charge in [0.2, 0.25) is 0 Å². The van der Waals surface area contributed by atoms with Crippen LogP contribution >= 0.6 is 31.9 Å². The predicted octanol–water partition coefficient (Wildman–Crippen LogP) is 5.22. The van der Waals surface area contributed by atoms with E-state index in [1.165, 1.54) is 6.92 Å². The number of carbonyl (C=O) groups is 1. The van der Waals surface area contributed by atoms with Crippen molar-refractivity contribution in [3.8, 4) is 17.2 Å². The lowest BCUT2D eigenvalue weighted by Gasteiger charge is -2.11.